The summed E-state index contributed by atoms with van der Waals surface area (Å²) in [4.78, 5) is 21.0. The summed E-state index contributed by atoms with van der Waals surface area (Å²) in [7, 11) is -4.58. The fourth-order valence-corrected chi connectivity index (χ4v) is 2.20. The zero-order valence-electron chi connectivity index (χ0n) is 9.29. The smallest absolute Gasteiger partial charge is 0.394 e. The summed E-state index contributed by atoms with van der Waals surface area (Å²) in [5.74, 6) is 0.889. The molecule has 0 aliphatic carbocycles. The van der Waals surface area contributed by atoms with Crippen molar-refractivity contribution in [3.63, 3.8) is 0 Å². The van der Waals surface area contributed by atoms with E-state index in [1.54, 1.807) is 0 Å². The Hall–Kier alpha value is -0.700. The van der Waals surface area contributed by atoms with E-state index in [9.17, 15) is 4.57 Å². The maximum absolute atomic E-state index is 10.5. The Labute approximate surface area is 107 Å². The molecule has 1 unspecified atom stereocenters. The third-order valence-corrected chi connectivity index (χ3v) is 3.24. The third kappa shape index (κ3) is 6.29. The Morgan fingerprint density at radius 1 is 1.56 bits per heavy atom. The van der Waals surface area contributed by atoms with Crippen LogP contribution in [0, 0.1) is 0 Å². The van der Waals surface area contributed by atoms with Gasteiger partial charge in [0.05, 0.1) is 18.5 Å². The van der Waals surface area contributed by atoms with Gasteiger partial charge < -0.3 is 10.2 Å². The van der Waals surface area contributed by atoms with Gasteiger partial charge in [0.25, 0.3) is 0 Å². The Morgan fingerprint density at radius 2 is 2.28 bits per heavy atom. The lowest BCUT2D eigenvalue weighted by Gasteiger charge is -2.04. The van der Waals surface area contributed by atoms with Gasteiger partial charge in [-0.1, -0.05) is 0 Å². The van der Waals surface area contributed by atoms with Crippen LogP contribution in [0.4, 0.5) is 0 Å². The van der Waals surface area contributed by atoms with Crippen LogP contribution in [0.1, 0.15) is 5.69 Å². The van der Waals surface area contributed by atoms with Crippen LogP contribution in [-0.2, 0) is 10.3 Å². The highest BCUT2D eigenvalue weighted by atomic mass is 32.2. The zero-order valence-corrected chi connectivity index (χ0v) is 11.0. The van der Waals surface area contributed by atoms with Gasteiger partial charge in [0.2, 0.25) is 0 Å². The molecule has 0 aromatic carbocycles. The van der Waals surface area contributed by atoms with Crippen molar-refractivity contribution in [1.82, 2.24) is 4.98 Å². The van der Waals surface area contributed by atoms with Crippen LogP contribution >= 0.6 is 19.6 Å². The van der Waals surface area contributed by atoms with Crippen LogP contribution in [-0.4, -0.2) is 43.4 Å². The van der Waals surface area contributed by atoms with Crippen molar-refractivity contribution in [3.8, 4) is 0 Å². The number of thioether (sulfide) groups is 1. The summed E-state index contributed by atoms with van der Waals surface area (Å²) in [5.41, 5.74) is 0.663. The van der Waals surface area contributed by atoms with Crippen molar-refractivity contribution >= 4 is 19.6 Å². The molecule has 0 fully saturated rings. The van der Waals surface area contributed by atoms with Crippen LogP contribution in [0.15, 0.2) is 18.6 Å². The molecule has 1 aromatic heterocycles. The molecule has 0 aliphatic rings. The van der Waals surface area contributed by atoms with Gasteiger partial charge in [0, 0.05) is 11.8 Å². The van der Waals surface area contributed by atoms with Crippen LogP contribution < -0.4 is 9.35 Å². The number of nitrogens with zero attached hydrogens (tertiary/aromatic N) is 2. The van der Waals surface area contributed by atoms with Crippen molar-refractivity contribution in [2.24, 2.45) is 0 Å². The highest BCUT2D eigenvalue weighted by Gasteiger charge is 2.20. The van der Waals surface area contributed by atoms with Crippen molar-refractivity contribution in [2.45, 2.75) is 11.9 Å². The van der Waals surface area contributed by atoms with Gasteiger partial charge >= 0.3 is 14.2 Å². The number of rotatable bonds is 7. The molecule has 0 spiro atoms. The van der Waals surface area contributed by atoms with Crippen LogP contribution in [0.25, 0.3) is 0 Å². The second-order valence-electron chi connectivity index (χ2n) is 3.34. The van der Waals surface area contributed by atoms with E-state index in [0.717, 1.165) is 11.1 Å². The molecule has 1 rings (SSSR count). The van der Waals surface area contributed by atoms with Crippen molar-refractivity contribution in [1.29, 1.82) is 0 Å². The Balaban J connectivity index is 2.43. The largest absolute Gasteiger partial charge is 0.561 e. The molecule has 4 N–H and O–H groups in total. The average molecular weight is 297 g/mol. The molecule has 1 atom stereocenters. The maximum Gasteiger partial charge on any atom is 0.561 e. The van der Waals surface area contributed by atoms with Crippen molar-refractivity contribution in [3.05, 3.63) is 24.3 Å². The monoisotopic (exact) mass is 297 g/mol. The van der Waals surface area contributed by atoms with Crippen molar-refractivity contribution < 1.29 is 33.9 Å². The van der Waals surface area contributed by atoms with E-state index in [-0.39, 0.29) is 6.61 Å². The fourth-order valence-electron chi connectivity index (χ4n) is 0.981. The lowest BCUT2D eigenvalue weighted by molar-refractivity contribution is -0.863. The Bertz CT molecular complexity index is 411. The van der Waals surface area contributed by atoms with Gasteiger partial charge in [0.15, 0.2) is 5.69 Å². The molecular formula is C8H14N2O6PS+. The number of hydrogen-bond donors (Lipinski definition) is 4. The van der Waals surface area contributed by atoms with Crippen LogP contribution in [0.5, 0.6) is 0 Å². The highest BCUT2D eigenvalue weighted by molar-refractivity contribution is 7.98. The van der Waals surface area contributed by atoms with Gasteiger partial charge in [0.1, 0.15) is 6.20 Å². The topological polar surface area (TPSA) is 124 Å². The van der Waals surface area contributed by atoms with E-state index in [4.69, 9.17) is 20.0 Å². The predicted molar refractivity (Wildman–Crippen MR) is 62.3 cm³/mol. The first-order chi connectivity index (χ1) is 8.40. The summed E-state index contributed by atoms with van der Waals surface area (Å²) in [6.45, 7) is -0.286. The number of phosphoric acid groups is 1. The van der Waals surface area contributed by atoms with Gasteiger partial charge in [-0.3, -0.25) is 9.79 Å². The highest BCUT2D eigenvalue weighted by Crippen LogP contribution is 2.28. The van der Waals surface area contributed by atoms with Gasteiger partial charge in [-0.05, 0) is 9.71 Å². The number of aliphatic hydroxyl groups is 2. The van der Waals surface area contributed by atoms with Gasteiger partial charge in [-0.25, -0.2) is 9.19 Å². The summed E-state index contributed by atoms with van der Waals surface area (Å²) >= 11 is 1.38. The minimum atomic E-state index is -4.58. The quantitative estimate of drug-likeness (QED) is 0.353. The molecule has 1 heterocycles. The predicted octanol–water partition coefficient (Wildman–Crippen LogP) is -1.52. The minimum absolute atomic E-state index is 0.286. The van der Waals surface area contributed by atoms with Gasteiger partial charge in [-0.2, -0.15) is 11.8 Å². The number of hydrogen-bond acceptors (Lipinski definition) is 6. The van der Waals surface area contributed by atoms with Crippen LogP contribution in [0.3, 0.4) is 0 Å². The van der Waals surface area contributed by atoms with E-state index >= 15 is 0 Å². The minimum Gasteiger partial charge on any atom is -0.394 e. The molecule has 0 aliphatic heterocycles. The molecule has 8 nitrogen and oxygen atoms in total. The van der Waals surface area contributed by atoms with E-state index in [1.165, 1.54) is 24.0 Å². The first-order valence-electron chi connectivity index (χ1n) is 4.89. The van der Waals surface area contributed by atoms with Gasteiger partial charge in [-0.15, -0.1) is 0 Å². The molecule has 102 valence electrons. The van der Waals surface area contributed by atoms with E-state index in [0.29, 0.717) is 17.2 Å². The lowest BCUT2D eigenvalue weighted by atomic mass is 10.4. The molecule has 18 heavy (non-hydrogen) atoms. The zero-order chi connectivity index (χ0) is 13.6. The Morgan fingerprint density at radius 3 is 2.78 bits per heavy atom. The molecule has 0 saturated heterocycles. The SMILES string of the molecule is O=P(O)(O)O[n+]1ccc(CSCC(O)CO)nc1. The summed E-state index contributed by atoms with van der Waals surface area (Å²) in [6.07, 6.45) is 1.70. The average Bonchev–Trinajstić information content (AvgIpc) is 2.29. The summed E-state index contributed by atoms with van der Waals surface area (Å²) in [6, 6.07) is 1.54. The molecule has 0 radical (unpaired) electrons. The molecule has 0 amide bonds. The Kier molecular flexibility index (Phi) is 6.00. The molecule has 1 aromatic rings. The first-order valence-corrected chi connectivity index (χ1v) is 7.57. The van der Waals surface area contributed by atoms with E-state index in [2.05, 4.69) is 9.61 Å². The summed E-state index contributed by atoms with van der Waals surface area (Å²) < 4.78 is 15.6. The molecule has 0 bridgehead atoms. The summed E-state index contributed by atoms with van der Waals surface area (Å²) in [5, 5.41) is 17.7. The standard InChI is InChI=1S/C8H13N2O6PS/c11-3-8(12)5-18-4-7-1-2-10(6-9-7)16-17(13,14)15/h1-2,6,8,11-12H,3-5H2,(H-,13,14,15)/p+1. The van der Waals surface area contributed by atoms with E-state index in [1.807, 2.05) is 0 Å². The number of aliphatic hydroxyl groups excluding tert-OH is 2. The molecule has 10 heteroatoms. The van der Waals surface area contributed by atoms with E-state index < -0.39 is 13.9 Å². The second-order valence-corrected chi connectivity index (χ2v) is 5.51. The normalized spacial score (nSPS) is 13.3. The second kappa shape index (κ2) is 7.03. The lowest BCUT2D eigenvalue weighted by Crippen LogP contribution is -2.40. The third-order valence-electron chi connectivity index (χ3n) is 1.72. The fraction of sp³-hybridized carbons (Fsp3) is 0.500. The first kappa shape index (κ1) is 15.4. The van der Waals surface area contributed by atoms with Crippen LogP contribution in [0.2, 0.25) is 0 Å². The number of aromatic nitrogens is 2. The maximum atomic E-state index is 10.5. The van der Waals surface area contributed by atoms with Crippen molar-refractivity contribution in [2.75, 3.05) is 12.4 Å². The molecule has 0 saturated carbocycles. The molecular weight excluding hydrogens is 283 g/mol.